The summed E-state index contributed by atoms with van der Waals surface area (Å²) in [5.74, 6) is 0.0928. The highest BCUT2D eigenvalue weighted by molar-refractivity contribution is 5.80. The number of likely N-dealkylation sites (N-methyl/N-ethyl adjacent to an activating group) is 1. The third kappa shape index (κ3) is 3.60. The van der Waals surface area contributed by atoms with Gasteiger partial charge >= 0.3 is 0 Å². The van der Waals surface area contributed by atoms with Crippen molar-refractivity contribution in [2.45, 2.75) is 33.2 Å². The first kappa shape index (κ1) is 14.8. The van der Waals surface area contributed by atoms with Gasteiger partial charge in [-0.05, 0) is 18.6 Å². The van der Waals surface area contributed by atoms with E-state index >= 15 is 0 Å². The number of amides is 1. The molecule has 1 N–H and O–H groups in total. The number of rotatable bonds is 6. The van der Waals surface area contributed by atoms with E-state index in [1.165, 1.54) is 0 Å². The molecule has 1 heterocycles. The molecule has 0 aliphatic heterocycles. The Morgan fingerprint density at radius 3 is 2.39 bits per heavy atom. The molecule has 4 nitrogen and oxygen atoms in total. The summed E-state index contributed by atoms with van der Waals surface area (Å²) >= 11 is 0. The number of hydrogen-bond acceptors (Lipinski definition) is 2. The van der Waals surface area contributed by atoms with Gasteiger partial charge in [0.15, 0.2) is 0 Å². The summed E-state index contributed by atoms with van der Waals surface area (Å²) < 4.78 is 1.94. The second-order valence-electron chi connectivity index (χ2n) is 5.57. The molecule has 1 rings (SSSR count). The molecule has 0 bridgehead atoms. The highest BCUT2D eigenvalue weighted by atomic mass is 16.3. The summed E-state index contributed by atoms with van der Waals surface area (Å²) in [7, 11) is 1.80. The Bertz CT molecular complexity index is 371. The molecule has 1 amide bonds. The molecule has 1 aromatic heterocycles. The predicted molar refractivity (Wildman–Crippen MR) is 72.3 cm³/mol. The van der Waals surface area contributed by atoms with Gasteiger partial charge < -0.3 is 14.6 Å². The van der Waals surface area contributed by atoms with Crippen LogP contribution in [0.3, 0.4) is 0 Å². The van der Waals surface area contributed by atoms with Gasteiger partial charge in [0.1, 0.15) is 6.04 Å². The normalized spacial score (nSPS) is 13.4. The van der Waals surface area contributed by atoms with Gasteiger partial charge in [-0.2, -0.15) is 0 Å². The molecule has 1 unspecified atom stereocenters. The van der Waals surface area contributed by atoms with Crippen LogP contribution < -0.4 is 0 Å². The molecule has 0 saturated heterocycles. The number of aromatic nitrogens is 1. The van der Waals surface area contributed by atoms with Crippen molar-refractivity contribution in [2.75, 3.05) is 20.2 Å². The second kappa shape index (κ2) is 6.05. The Balaban J connectivity index is 2.73. The molecule has 18 heavy (non-hydrogen) atoms. The van der Waals surface area contributed by atoms with Crippen molar-refractivity contribution in [1.29, 1.82) is 0 Å². The third-order valence-corrected chi connectivity index (χ3v) is 3.13. The summed E-state index contributed by atoms with van der Waals surface area (Å²) in [6.07, 6.45) is 4.59. The van der Waals surface area contributed by atoms with Crippen molar-refractivity contribution in [2.24, 2.45) is 5.41 Å². The van der Waals surface area contributed by atoms with E-state index in [1.54, 1.807) is 11.9 Å². The number of hydrogen-bond donors (Lipinski definition) is 1. The van der Waals surface area contributed by atoms with Gasteiger partial charge in [-0.1, -0.05) is 20.8 Å². The summed E-state index contributed by atoms with van der Waals surface area (Å²) in [4.78, 5) is 14.1. The van der Waals surface area contributed by atoms with Gasteiger partial charge in [-0.15, -0.1) is 0 Å². The number of carbonyl (C=O) groups excluding carboxylic acids is 1. The van der Waals surface area contributed by atoms with Crippen LogP contribution in [0.2, 0.25) is 0 Å². The Morgan fingerprint density at radius 2 is 1.94 bits per heavy atom. The molecule has 1 aromatic rings. The van der Waals surface area contributed by atoms with Crippen LogP contribution in [0.4, 0.5) is 0 Å². The first-order chi connectivity index (χ1) is 8.41. The van der Waals surface area contributed by atoms with E-state index in [-0.39, 0.29) is 24.0 Å². The lowest BCUT2D eigenvalue weighted by Gasteiger charge is -2.31. The summed E-state index contributed by atoms with van der Waals surface area (Å²) in [6, 6.07) is 3.70. The largest absolute Gasteiger partial charge is 0.396 e. The van der Waals surface area contributed by atoms with Crippen LogP contribution in [0.25, 0.3) is 0 Å². The molecule has 0 radical (unpaired) electrons. The highest BCUT2D eigenvalue weighted by Crippen LogP contribution is 2.19. The van der Waals surface area contributed by atoms with Gasteiger partial charge in [0, 0.05) is 38.0 Å². The van der Waals surface area contributed by atoms with E-state index in [4.69, 9.17) is 0 Å². The van der Waals surface area contributed by atoms with Crippen LogP contribution in [-0.2, 0) is 4.79 Å². The van der Waals surface area contributed by atoms with Crippen LogP contribution in [-0.4, -0.2) is 40.7 Å². The van der Waals surface area contributed by atoms with E-state index in [2.05, 4.69) is 0 Å². The molecule has 0 aliphatic rings. The Kier molecular flexibility index (Phi) is 4.96. The van der Waals surface area contributed by atoms with Gasteiger partial charge in [-0.3, -0.25) is 4.79 Å². The van der Waals surface area contributed by atoms with Gasteiger partial charge in [0.2, 0.25) is 5.91 Å². The maximum atomic E-state index is 12.4. The van der Waals surface area contributed by atoms with Crippen molar-refractivity contribution in [3.05, 3.63) is 24.5 Å². The first-order valence-corrected chi connectivity index (χ1v) is 6.39. The second-order valence-corrected chi connectivity index (χ2v) is 5.57. The summed E-state index contributed by atoms with van der Waals surface area (Å²) in [5, 5.41) is 9.26. The Morgan fingerprint density at radius 1 is 1.39 bits per heavy atom. The van der Waals surface area contributed by atoms with Crippen LogP contribution >= 0.6 is 0 Å². The molecular weight excluding hydrogens is 228 g/mol. The van der Waals surface area contributed by atoms with Crippen LogP contribution in [0.15, 0.2) is 24.5 Å². The quantitative estimate of drug-likeness (QED) is 0.840. The van der Waals surface area contributed by atoms with Crippen LogP contribution in [0, 0.1) is 5.41 Å². The molecule has 0 aliphatic carbocycles. The maximum Gasteiger partial charge on any atom is 0.245 e. The van der Waals surface area contributed by atoms with E-state index in [0.29, 0.717) is 6.54 Å². The fourth-order valence-electron chi connectivity index (χ4n) is 2.09. The summed E-state index contributed by atoms with van der Waals surface area (Å²) in [6.45, 7) is 6.54. The molecule has 0 saturated carbocycles. The fourth-order valence-corrected chi connectivity index (χ4v) is 2.09. The zero-order chi connectivity index (χ0) is 13.8. The van der Waals surface area contributed by atoms with Crippen molar-refractivity contribution in [3.8, 4) is 0 Å². The van der Waals surface area contributed by atoms with Gasteiger partial charge in [0.05, 0.1) is 0 Å². The lowest BCUT2D eigenvalue weighted by atomic mass is 9.94. The predicted octanol–water partition coefficient (Wildman–Crippen LogP) is 1.92. The molecule has 1 atom stereocenters. The van der Waals surface area contributed by atoms with Crippen molar-refractivity contribution >= 4 is 5.91 Å². The molecule has 0 fully saturated rings. The van der Waals surface area contributed by atoms with Crippen molar-refractivity contribution < 1.29 is 9.90 Å². The minimum absolute atomic E-state index is 0.0743. The lowest BCUT2D eigenvalue weighted by molar-refractivity contribution is -0.135. The Hall–Kier alpha value is -1.29. The first-order valence-electron chi connectivity index (χ1n) is 6.39. The average molecular weight is 252 g/mol. The van der Waals surface area contributed by atoms with Gasteiger partial charge in [0.25, 0.3) is 0 Å². The summed E-state index contributed by atoms with van der Waals surface area (Å²) in [5.41, 5.74) is -0.264. The third-order valence-electron chi connectivity index (χ3n) is 3.13. The topological polar surface area (TPSA) is 45.5 Å². The average Bonchev–Trinajstić information content (AvgIpc) is 2.83. The smallest absolute Gasteiger partial charge is 0.245 e. The zero-order valence-electron chi connectivity index (χ0n) is 11.8. The standard InChI is InChI=1S/C14H24N2O2/c1-5-12(16-8-6-7-9-16)13(18)15(4)10-14(2,3)11-17/h6-9,12,17H,5,10-11H2,1-4H3. The number of aliphatic hydroxyl groups excluding tert-OH is 1. The minimum atomic E-state index is -0.264. The molecule has 102 valence electrons. The lowest BCUT2D eigenvalue weighted by Crippen LogP contribution is -2.41. The SMILES string of the molecule is CCC(C(=O)N(C)CC(C)(C)CO)n1cccc1. The number of carbonyl (C=O) groups is 1. The van der Waals surface area contributed by atoms with E-state index in [0.717, 1.165) is 6.42 Å². The Labute approximate surface area is 109 Å². The van der Waals surface area contributed by atoms with Crippen LogP contribution in [0.1, 0.15) is 33.2 Å². The highest BCUT2D eigenvalue weighted by Gasteiger charge is 2.26. The monoisotopic (exact) mass is 252 g/mol. The maximum absolute atomic E-state index is 12.4. The minimum Gasteiger partial charge on any atom is -0.396 e. The van der Waals surface area contributed by atoms with E-state index in [9.17, 15) is 9.90 Å². The van der Waals surface area contributed by atoms with Crippen molar-refractivity contribution in [1.82, 2.24) is 9.47 Å². The van der Waals surface area contributed by atoms with Crippen molar-refractivity contribution in [3.63, 3.8) is 0 Å². The van der Waals surface area contributed by atoms with E-state index in [1.807, 2.05) is 49.9 Å². The number of nitrogens with zero attached hydrogens (tertiary/aromatic N) is 2. The molecular formula is C14H24N2O2. The molecule has 4 heteroatoms. The van der Waals surface area contributed by atoms with E-state index < -0.39 is 0 Å². The molecule has 0 aromatic carbocycles. The zero-order valence-corrected chi connectivity index (χ0v) is 11.8. The fraction of sp³-hybridized carbons (Fsp3) is 0.643. The van der Waals surface area contributed by atoms with Crippen LogP contribution in [0.5, 0.6) is 0 Å². The van der Waals surface area contributed by atoms with Gasteiger partial charge in [-0.25, -0.2) is 0 Å². The molecule has 0 spiro atoms. The number of aliphatic hydroxyl groups is 1.